The highest BCUT2D eigenvalue weighted by atomic mass is 19.1. The van der Waals surface area contributed by atoms with Gasteiger partial charge in [-0.25, -0.2) is 9.18 Å². The number of methoxy groups -OCH3 is 1. The Morgan fingerprint density at radius 2 is 1.97 bits per heavy atom. The summed E-state index contributed by atoms with van der Waals surface area (Å²) in [6.45, 7) is 6.38. The summed E-state index contributed by atoms with van der Waals surface area (Å²) in [4.78, 5) is 26.8. The first kappa shape index (κ1) is 23.1. The number of amides is 2. The number of nitrogens with zero attached hydrogens (tertiary/aromatic N) is 1. The molecule has 1 saturated heterocycles. The third-order valence-electron chi connectivity index (χ3n) is 4.13. The second-order valence-electron chi connectivity index (χ2n) is 7.57. The number of rotatable bonds is 8. The number of ether oxygens (including phenoxy) is 4. The van der Waals surface area contributed by atoms with Crippen molar-refractivity contribution in [1.82, 2.24) is 10.2 Å². The highest BCUT2D eigenvalue weighted by Crippen LogP contribution is 2.28. The minimum absolute atomic E-state index is 0.128. The fourth-order valence-corrected chi connectivity index (χ4v) is 2.86. The third kappa shape index (κ3) is 6.95. The lowest BCUT2D eigenvalue weighted by Gasteiger charge is -2.39. The average Bonchev–Trinajstić information content (AvgIpc) is 2.65. The molecule has 1 aromatic carbocycles. The van der Waals surface area contributed by atoms with Crippen molar-refractivity contribution in [2.24, 2.45) is 0 Å². The quantitative estimate of drug-likeness (QED) is 0.521. The van der Waals surface area contributed by atoms with Gasteiger partial charge in [0, 0.05) is 20.2 Å². The molecule has 1 N–H and O–H groups in total. The summed E-state index contributed by atoms with van der Waals surface area (Å²) in [6.07, 6.45) is -1.49. The summed E-state index contributed by atoms with van der Waals surface area (Å²) in [7, 11) is 1.55. The lowest BCUT2D eigenvalue weighted by Crippen LogP contribution is -2.60. The van der Waals surface area contributed by atoms with E-state index in [2.05, 4.69) is 5.32 Å². The van der Waals surface area contributed by atoms with E-state index in [1.165, 1.54) is 29.2 Å². The lowest BCUT2D eigenvalue weighted by molar-refractivity contribution is -0.148. The van der Waals surface area contributed by atoms with Crippen LogP contribution < -0.4 is 5.32 Å². The molecule has 162 valence electrons. The zero-order valence-corrected chi connectivity index (χ0v) is 17.3. The van der Waals surface area contributed by atoms with Crippen molar-refractivity contribution >= 4 is 12.0 Å². The van der Waals surface area contributed by atoms with Crippen LogP contribution in [0.25, 0.3) is 0 Å². The Hall–Kier alpha value is -2.23. The molecule has 2 amide bonds. The van der Waals surface area contributed by atoms with Gasteiger partial charge in [0.2, 0.25) is 5.91 Å². The Morgan fingerprint density at radius 3 is 2.59 bits per heavy atom. The highest BCUT2D eigenvalue weighted by Gasteiger charge is 2.42. The summed E-state index contributed by atoms with van der Waals surface area (Å²) in [5.41, 5.74) is -0.178. The van der Waals surface area contributed by atoms with E-state index in [1.807, 2.05) is 0 Å². The van der Waals surface area contributed by atoms with Crippen LogP contribution in [0.1, 0.15) is 32.4 Å². The highest BCUT2D eigenvalue weighted by molar-refractivity contribution is 5.87. The summed E-state index contributed by atoms with van der Waals surface area (Å²) in [5, 5.41) is 2.75. The van der Waals surface area contributed by atoms with E-state index in [-0.39, 0.29) is 19.2 Å². The van der Waals surface area contributed by atoms with Crippen LogP contribution in [0.15, 0.2) is 24.3 Å². The van der Waals surface area contributed by atoms with Crippen molar-refractivity contribution in [1.29, 1.82) is 0 Å². The lowest BCUT2D eigenvalue weighted by atomic mass is 9.98. The van der Waals surface area contributed by atoms with E-state index in [4.69, 9.17) is 18.9 Å². The number of hydrogen-bond acceptors (Lipinski definition) is 6. The van der Waals surface area contributed by atoms with Crippen LogP contribution in [0.3, 0.4) is 0 Å². The number of carbonyl (C=O) groups excluding carboxylic acids is 2. The van der Waals surface area contributed by atoms with E-state index >= 15 is 0 Å². The predicted octanol–water partition coefficient (Wildman–Crippen LogP) is 2.24. The Bertz CT molecular complexity index is 677. The van der Waals surface area contributed by atoms with E-state index in [0.29, 0.717) is 25.3 Å². The molecular weight excluding hydrogens is 383 g/mol. The average molecular weight is 412 g/mol. The van der Waals surface area contributed by atoms with Gasteiger partial charge in [0.25, 0.3) is 0 Å². The van der Waals surface area contributed by atoms with Crippen molar-refractivity contribution in [2.75, 3.05) is 40.2 Å². The van der Waals surface area contributed by atoms with E-state index in [0.717, 1.165) is 0 Å². The van der Waals surface area contributed by atoms with E-state index in [9.17, 15) is 14.0 Å². The van der Waals surface area contributed by atoms with E-state index < -0.39 is 29.7 Å². The maximum Gasteiger partial charge on any atom is 0.411 e. The molecule has 9 heteroatoms. The number of hydrogen-bond donors (Lipinski definition) is 1. The van der Waals surface area contributed by atoms with Crippen LogP contribution in [0.2, 0.25) is 0 Å². The molecule has 1 aliphatic rings. The predicted molar refractivity (Wildman–Crippen MR) is 103 cm³/mol. The van der Waals surface area contributed by atoms with Crippen molar-refractivity contribution in [2.45, 2.75) is 38.5 Å². The molecule has 0 saturated carbocycles. The third-order valence-corrected chi connectivity index (χ3v) is 4.13. The fourth-order valence-electron chi connectivity index (χ4n) is 2.86. The molecular formula is C20H29FN2O6. The largest absolute Gasteiger partial charge is 0.444 e. The topological polar surface area (TPSA) is 86.3 Å². The van der Waals surface area contributed by atoms with Crippen LogP contribution in [-0.2, 0) is 23.7 Å². The molecule has 1 fully saturated rings. The molecule has 8 nitrogen and oxygen atoms in total. The SMILES string of the molecule is COCCOCOC(c1ccc(F)cc1)C1C(=O)NCCN1C(=O)OC(C)(C)C. The summed E-state index contributed by atoms with van der Waals surface area (Å²) < 4.78 is 35.0. The molecule has 0 radical (unpaired) electrons. The molecule has 2 atom stereocenters. The summed E-state index contributed by atoms with van der Waals surface area (Å²) in [5.74, 6) is -0.797. The molecule has 1 aliphatic heterocycles. The maximum atomic E-state index is 13.4. The Kier molecular flexibility index (Phi) is 8.36. The second-order valence-corrected chi connectivity index (χ2v) is 7.57. The first-order chi connectivity index (χ1) is 13.7. The van der Waals surface area contributed by atoms with Crippen molar-refractivity contribution in [3.8, 4) is 0 Å². The van der Waals surface area contributed by atoms with Crippen LogP contribution in [0.5, 0.6) is 0 Å². The van der Waals surface area contributed by atoms with Crippen molar-refractivity contribution < 1.29 is 32.9 Å². The Balaban J connectivity index is 2.26. The molecule has 1 aromatic rings. The van der Waals surface area contributed by atoms with Gasteiger partial charge >= 0.3 is 6.09 Å². The molecule has 2 rings (SSSR count). The minimum atomic E-state index is -0.991. The van der Waals surface area contributed by atoms with Gasteiger partial charge in [0.05, 0.1) is 13.2 Å². The number of benzene rings is 1. The Morgan fingerprint density at radius 1 is 1.28 bits per heavy atom. The number of piperazine rings is 1. The van der Waals surface area contributed by atoms with Crippen LogP contribution in [0.4, 0.5) is 9.18 Å². The van der Waals surface area contributed by atoms with Crippen molar-refractivity contribution in [3.05, 3.63) is 35.6 Å². The number of nitrogens with one attached hydrogen (secondary N) is 1. The standard InChI is InChI=1S/C20H29FN2O6/c1-20(2,3)29-19(25)23-10-9-22-18(24)16(23)17(28-13-27-12-11-26-4)14-5-7-15(21)8-6-14/h5-8,16-17H,9-13H2,1-4H3,(H,22,24). The Labute approximate surface area is 170 Å². The zero-order valence-electron chi connectivity index (χ0n) is 17.3. The van der Waals surface area contributed by atoms with Gasteiger partial charge in [-0.15, -0.1) is 0 Å². The summed E-state index contributed by atoms with van der Waals surface area (Å²) >= 11 is 0. The molecule has 29 heavy (non-hydrogen) atoms. The fraction of sp³-hybridized carbons (Fsp3) is 0.600. The smallest absolute Gasteiger partial charge is 0.411 e. The number of carbonyl (C=O) groups is 2. The molecule has 2 unspecified atom stereocenters. The number of halogens is 1. The molecule has 1 heterocycles. The van der Waals surface area contributed by atoms with Crippen LogP contribution in [0, 0.1) is 5.82 Å². The van der Waals surface area contributed by atoms with Gasteiger partial charge in [-0.2, -0.15) is 0 Å². The molecule has 0 aliphatic carbocycles. The molecule has 0 bridgehead atoms. The van der Waals surface area contributed by atoms with Gasteiger partial charge in [-0.1, -0.05) is 12.1 Å². The minimum Gasteiger partial charge on any atom is -0.444 e. The monoisotopic (exact) mass is 412 g/mol. The zero-order chi connectivity index (χ0) is 21.4. The van der Waals surface area contributed by atoms with Crippen LogP contribution >= 0.6 is 0 Å². The van der Waals surface area contributed by atoms with Gasteiger partial charge in [-0.05, 0) is 38.5 Å². The van der Waals surface area contributed by atoms with Gasteiger partial charge in [0.15, 0.2) is 0 Å². The summed E-state index contributed by atoms with van der Waals surface area (Å²) in [6, 6.07) is 4.59. The molecule has 0 aromatic heterocycles. The normalized spacial score (nSPS) is 18.3. The van der Waals surface area contributed by atoms with E-state index in [1.54, 1.807) is 27.9 Å². The first-order valence-electron chi connectivity index (χ1n) is 9.44. The molecule has 0 spiro atoms. The first-order valence-corrected chi connectivity index (χ1v) is 9.44. The van der Waals surface area contributed by atoms with Crippen molar-refractivity contribution in [3.63, 3.8) is 0 Å². The second kappa shape index (κ2) is 10.5. The van der Waals surface area contributed by atoms with Gasteiger partial charge in [-0.3, -0.25) is 9.69 Å². The van der Waals surface area contributed by atoms with Crippen LogP contribution in [-0.4, -0.2) is 68.7 Å². The van der Waals surface area contributed by atoms with Gasteiger partial charge < -0.3 is 24.3 Å². The maximum absolute atomic E-state index is 13.4. The van der Waals surface area contributed by atoms with Gasteiger partial charge in [0.1, 0.15) is 30.4 Å².